The van der Waals surface area contributed by atoms with Crippen molar-refractivity contribution in [1.29, 1.82) is 0 Å². The van der Waals surface area contributed by atoms with E-state index >= 15 is 0 Å². The van der Waals surface area contributed by atoms with Gasteiger partial charge in [0.2, 0.25) is 0 Å². The molecule has 186 valence electrons. The minimum atomic E-state index is 0.477. The van der Waals surface area contributed by atoms with Crippen LogP contribution in [-0.4, -0.2) is 4.98 Å². The molecule has 6 rings (SSSR count). The van der Waals surface area contributed by atoms with Gasteiger partial charge in [0, 0.05) is 26.9 Å². The van der Waals surface area contributed by atoms with Crippen molar-refractivity contribution < 1.29 is 0 Å². The molecular formula is C35H35NS. The quantitative estimate of drug-likeness (QED) is 0.233. The Kier molecular flexibility index (Phi) is 6.69. The van der Waals surface area contributed by atoms with Crippen molar-refractivity contribution in [3.8, 4) is 32.8 Å². The molecule has 1 aliphatic carbocycles. The third-order valence-electron chi connectivity index (χ3n) is 8.12. The molecule has 0 saturated heterocycles. The second-order valence-electron chi connectivity index (χ2n) is 10.9. The van der Waals surface area contributed by atoms with Gasteiger partial charge in [-0.1, -0.05) is 87.7 Å². The van der Waals surface area contributed by atoms with Gasteiger partial charge in [-0.2, -0.15) is 0 Å². The van der Waals surface area contributed by atoms with E-state index in [4.69, 9.17) is 4.98 Å². The summed E-state index contributed by atoms with van der Waals surface area (Å²) in [7, 11) is 0. The molecule has 0 atom stereocenters. The molecular weight excluding hydrogens is 466 g/mol. The standard InChI is InChI=1S/C35H35NS/c1-23(2)29-18-19-36-33(22-29)30-20-31-24(3)34(28-12-8-5-9-13-28)37-35(31)32(21-30)27-16-14-26(15-17-27)25-10-6-4-7-11-25/h5,8-9,12-23,25H,4,6-7,10-11H2,1-3H3. The Morgan fingerprint density at radius 3 is 2.27 bits per heavy atom. The van der Waals surface area contributed by atoms with Gasteiger partial charge in [0.15, 0.2) is 0 Å². The maximum Gasteiger partial charge on any atom is 0.0705 e. The van der Waals surface area contributed by atoms with Crippen LogP contribution in [0.25, 0.3) is 42.9 Å². The van der Waals surface area contributed by atoms with Crippen LogP contribution >= 0.6 is 11.3 Å². The topological polar surface area (TPSA) is 12.9 Å². The number of thiophene rings is 1. The zero-order valence-corrected chi connectivity index (χ0v) is 22.9. The molecule has 1 saturated carbocycles. The predicted octanol–water partition coefficient (Wildman–Crippen LogP) is 10.8. The molecule has 0 aliphatic heterocycles. The SMILES string of the molecule is Cc1c(-c2ccccc2)sc2c(-c3ccc(C4CCCCC4)cc3)cc(-c3cc(C(C)C)ccn3)cc12. The van der Waals surface area contributed by atoms with E-state index in [-0.39, 0.29) is 0 Å². The summed E-state index contributed by atoms with van der Waals surface area (Å²) in [5.41, 5.74) is 10.4. The zero-order chi connectivity index (χ0) is 25.4. The maximum atomic E-state index is 4.81. The number of benzene rings is 3. The van der Waals surface area contributed by atoms with Crippen LogP contribution in [0.1, 0.15) is 74.5 Å². The number of pyridine rings is 1. The molecule has 0 unspecified atom stereocenters. The summed E-state index contributed by atoms with van der Waals surface area (Å²) in [4.78, 5) is 6.17. The fraction of sp³-hybridized carbons (Fsp3) is 0.286. The minimum Gasteiger partial charge on any atom is -0.256 e. The number of rotatable bonds is 5. The van der Waals surface area contributed by atoms with Gasteiger partial charge in [-0.25, -0.2) is 0 Å². The molecule has 0 N–H and O–H groups in total. The van der Waals surface area contributed by atoms with Gasteiger partial charge in [-0.05, 0) is 89.1 Å². The molecule has 1 fully saturated rings. The summed E-state index contributed by atoms with van der Waals surface area (Å²) in [6.07, 6.45) is 8.77. The molecule has 2 aromatic heterocycles. The highest BCUT2D eigenvalue weighted by atomic mass is 32.1. The van der Waals surface area contributed by atoms with Crippen LogP contribution in [0.5, 0.6) is 0 Å². The molecule has 5 aromatic rings. The summed E-state index contributed by atoms with van der Waals surface area (Å²) in [6, 6.07) is 29.5. The van der Waals surface area contributed by atoms with E-state index in [0.717, 1.165) is 11.6 Å². The van der Waals surface area contributed by atoms with Crippen LogP contribution in [0.4, 0.5) is 0 Å². The Labute approximate surface area is 225 Å². The molecule has 2 heterocycles. The summed E-state index contributed by atoms with van der Waals surface area (Å²) in [6.45, 7) is 6.77. The Balaban J connectivity index is 1.52. The van der Waals surface area contributed by atoms with Gasteiger partial charge < -0.3 is 0 Å². The molecule has 0 amide bonds. The van der Waals surface area contributed by atoms with Crippen LogP contribution < -0.4 is 0 Å². The number of aromatic nitrogens is 1. The van der Waals surface area contributed by atoms with E-state index in [1.165, 1.54) is 86.0 Å². The van der Waals surface area contributed by atoms with E-state index in [9.17, 15) is 0 Å². The molecule has 3 aromatic carbocycles. The fourth-order valence-electron chi connectivity index (χ4n) is 5.88. The summed E-state index contributed by atoms with van der Waals surface area (Å²) < 4.78 is 1.37. The molecule has 0 spiro atoms. The average molecular weight is 502 g/mol. The normalized spacial score (nSPS) is 14.5. The number of fused-ring (bicyclic) bond motifs is 1. The lowest BCUT2D eigenvalue weighted by Gasteiger charge is -2.22. The van der Waals surface area contributed by atoms with Gasteiger partial charge in [0.25, 0.3) is 0 Å². The Morgan fingerprint density at radius 1 is 0.784 bits per heavy atom. The van der Waals surface area contributed by atoms with Crippen molar-refractivity contribution >= 4 is 21.4 Å². The highest BCUT2D eigenvalue weighted by Crippen LogP contribution is 2.45. The first-order valence-corrected chi connectivity index (χ1v) is 14.6. The Bertz CT molecular complexity index is 1520. The molecule has 0 bridgehead atoms. The monoisotopic (exact) mass is 501 g/mol. The number of hydrogen-bond donors (Lipinski definition) is 0. The first-order chi connectivity index (χ1) is 18.1. The molecule has 2 heteroatoms. The summed E-state index contributed by atoms with van der Waals surface area (Å²) in [5, 5.41) is 1.34. The summed E-state index contributed by atoms with van der Waals surface area (Å²) >= 11 is 1.92. The van der Waals surface area contributed by atoms with Crippen molar-refractivity contribution in [2.45, 2.75) is 64.7 Å². The third kappa shape index (κ3) is 4.76. The second-order valence-corrected chi connectivity index (χ2v) is 11.9. The lowest BCUT2D eigenvalue weighted by atomic mass is 9.83. The van der Waals surface area contributed by atoms with Crippen LogP contribution in [-0.2, 0) is 0 Å². The van der Waals surface area contributed by atoms with Crippen molar-refractivity contribution in [3.05, 3.63) is 102 Å². The van der Waals surface area contributed by atoms with Crippen molar-refractivity contribution in [1.82, 2.24) is 4.98 Å². The van der Waals surface area contributed by atoms with Crippen molar-refractivity contribution in [2.75, 3.05) is 0 Å². The first-order valence-electron chi connectivity index (χ1n) is 13.8. The second kappa shape index (κ2) is 10.3. The lowest BCUT2D eigenvalue weighted by molar-refractivity contribution is 0.443. The molecule has 37 heavy (non-hydrogen) atoms. The smallest absolute Gasteiger partial charge is 0.0705 e. The molecule has 0 radical (unpaired) electrons. The van der Waals surface area contributed by atoms with Gasteiger partial charge in [-0.15, -0.1) is 11.3 Å². The first kappa shape index (κ1) is 24.1. The average Bonchev–Trinajstić information content (AvgIpc) is 3.30. The highest BCUT2D eigenvalue weighted by molar-refractivity contribution is 7.23. The Hall–Kier alpha value is -3.23. The lowest BCUT2D eigenvalue weighted by Crippen LogP contribution is -2.04. The van der Waals surface area contributed by atoms with Crippen molar-refractivity contribution in [3.63, 3.8) is 0 Å². The summed E-state index contributed by atoms with van der Waals surface area (Å²) in [5.74, 6) is 1.20. The van der Waals surface area contributed by atoms with Gasteiger partial charge in [0.1, 0.15) is 0 Å². The number of aryl methyl sites for hydroxylation is 1. The number of nitrogens with zero attached hydrogens (tertiary/aromatic N) is 1. The van der Waals surface area contributed by atoms with E-state index in [2.05, 4.69) is 99.6 Å². The van der Waals surface area contributed by atoms with E-state index in [1.807, 2.05) is 17.5 Å². The maximum absolute atomic E-state index is 4.81. The van der Waals surface area contributed by atoms with Crippen LogP contribution in [0, 0.1) is 6.92 Å². The van der Waals surface area contributed by atoms with E-state index < -0.39 is 0 Å². The largest absolute Gasteiger partial charge is 0.256 e. The van der Waals surface area contributed by atoms with E-state index in [0.29, 0.717) is 5.92 Å². The van der Waals surface area contributed by atoms with E-state index in [1.54, 1.807) is 0 Å². The molecule has 1 aliphatic rings. The van der Waals surface area contributed by atoms with Gasteiger partial charge >= 0.3 is 0 Å². The van der Waals surface area contributed by atoms with Crippen LogP contribution in [0.2, 0.25) is 0 Å². The fourth-order valence-corrected chi connectivity index (χ4v) is 7.21. The third-order valence-corrected chi connectivity index (χ3v) is 9.51. The highest BCUT2D eigenvalue weighted by Gasteiger charge is 2.19. The molecule has 1 nitrogen and oxygen atoms in total. The Morgan fingerprint density at radius 2 is 1.54 bits per heavy atom. The van der Waals surface area contributed by atoms with Gasteiger partial charge in [-0.3, -0.25) is 4.98 Å². The van der Waals surface area contributed by atoms with Crippen LogP contribution in [0.3, 0.4) is 0 Å². The minimum absolute atomic E-state index is 0.477. The number of hydrogen-bond acceptors (Lipinski definition) is 2. The van der Waals surface area contributed by atoms with Crippen LogP contribution in [0.15, 0.2) is 85.1 Å². The van der Waals surface area contributed by atoms with Gasteiger partial charge in [0.05, 0.1) is 5.69 Å². The zero-order valence-electron chi connectivity index (χ0n) is 22.1. The van der Waals surface area contributed by atoms with Crippen molar-refractivity contribution in [2.24, 2.45) is 0 Å². The predicted molar refractivity (Wildman–Crippen MR) is 161 cm³/mol.